The van der Waals surface area contributed by atoms with E-state index in [2.05, 4.69) is 29.3 Å². The Bertz CT molecular complexity index is 1080. The minimum atomic E-state index is -0.287. The number of hydrogen-bond donors (Lipinski definition) is 1. The van der Waals surface area contributed by atoms with Crippen LogP contribution in [0.5, 0.6) is 5.75 Å². The van der Waals surface area contributed by atoms with Gasteiger partial charge < -0.3 is 14.2 Å². The van der Waals surface area contributed by atoms with E-state index in [0.717, 1.165) is 38.9 Å². The summed E-state index contributed by atoms with van der Waals surface area (Å²) in [5.74, 6) is 1.19. The number of thiophene rings is 1. The summed E-state index contributed by atoms with van der Waals surface area (Å²) < 4.78 is 7.53. The Labute approximate surface area is 180 Å². The highest BCUT2D eigenvalue weighted by Gasteiger charge is 2.33. The third-order valence-electron chi connectivity index (χ3n) is 5.49. The van der Waals surface area contributed by atoms with Gasteiger partial charge in [-0.3, -0.25) is 4.79 Å². The molecule has 3 heterocycles. The molecule has 1 aromatic carbocycles. The summed E-state index contributed by atoms with van der Waals surface area (Å²) >= 11 is 6.23. The first-order chi connectivity index (χ1) is 13.7. The van der Waals surface area contributed by atoms with Crippen LogP contribution in [-0.2, 0) is 13.0 Å². The Kier molecular flexibility index (Phi) is 4.99. The molecule has 1 amide bonds. The van der Waals surface area contributed by atoms with Gasteiger partial charge in [-0.1, -0.05) is 6.07 Å². The number of imidazole rings is 1. The largest absolute Gasteiger partial charge is 0.496 e. The summed E-state index contributed by atoms with van der Waals surface area (Å²) in [5, 5.41) is 2.03. The van der Waals surface area contributed by atoms with Crippen molar-refractivity contribution >= 4 is 29.9 Å². The van der Waals surface area contributed by atoms with E-state index in [-0.39, 0.29) is 11.4 Å². The highest BCUT2D eigenvalue weighted by atomic mass is 32.1. The average Bonchev–Trinajstić information content (AvgIpc) is 3.33. The molecule has 3 aromatic rings. The zero-order valence-electron chi connectivity index (χ0n) is 17.3. The molecule has 0 atom stereocenters. The molecule has 0 bridgehead atoms. The first-order valence-corrected chi connectivity index (χ1v) is 10.9. The van der Waals surface area contributed by atoms with E-state index < -0.39 is 0 Å². The second-order valence-corrected chi connectivity index (χ2v) is 9.66. The number of aromatic nitrogens is 2. The van der Waals surface area contributed by atoms with E-state index in [1.54, 1.807) is 23.3 Å². The van der Waals surface area contributed by atoms with Crippen molar-refractivity contribution in [2.24, 2.45) is 0 Å². The summed E-state index contributed by atoms with van der Waals surface area (Å²) in [4.78, 5) is 21.8. The highest BCUT2D eigenvalue weighted by molar-refractivity contribution is 7.80. The van der Waals surface area contributed by atoms with Crippen molar-refractivity contribution in [3.05, 3.63) is 41.0 Å². The first-order valence-electron chi connectivity index (χ1n) is 9.55. The van der Waals surface area contributed by atoms with Gasteiger partial charge in [0.1, 0.15) is 11.4 Å². The number of amides is 1. The second kappa shape index (κ2) is 7.22. The Morgan fingerprint density at radius 3 is 2.72 bits per heavy atom. The molecule has 4 rings (SSSR count). The van der Waals surface area contributed by atoms with Gasteiger partial charge in [0.15, 0.2) is 5.82 Å². The van der Waals surface area contributed by atoms with E-state index in [1.165, 1.54) is 5.56 Å². The van der Waals surface area contributed by atoms with E-state index in [0.29, 0.717) is 12.4 Å². The normalized spacial score (nSPS) is 13.0. The maximum atomic E-state index is 13.3. The Morgan fingerprint density at radius 2 is 2.10 bits per heavy atom. The lowest BCUT2D eigenvalue weighted by atomic mass is 9.96. The number of nitrogens with zero attached hydrogens (tertiary/aromatic N) is 3. The van der Waals surface area contributed by atoms with Crippen LogP contribution in [0.25, 0.3) is 21.8 Å². The van der Waals surface area contributed by atoms with Gasteiger partial charge in [0.05, 0.1) is 17.7 Å². The van der Waals surface area contributed by atoms with Crippen LogP contribution in [0.2, 0.25) is 0 Å². The van der Waals surface area contributed by atoms with Crippen molar-refractivity contribution in [2.75, 3.05) is 14.2 Å². The number of fused-ring (bicyclic) bond motifs is 3. The standard InChI is InChI=1S/C22H25N3O2S2/c1-22(2,3)24(4)21(26)20-23-18(17-7-6-10-29-17)19-14-12-16(28)15(27-5)11-13(14)8-9-25(19)20/h6-7,10-12,28H,8-9H2,1-5H3. The summed E-state index contributed by atoms with van der Waals surface area (Å²) in [7, 11) is 3.49. The van der Waals surface area contributed by atoms with Crippen LogP contribution in [-0.4, -0.2) is 40.1 Å². The van der Waals surface area contributed by atoms with Crippen molar-refractivity contribution in [2.45, 2.75) is 44.2 Å². The van der Waals surface area contributed by atoms with Crippen molar-refractivity contribution < 1.29 is 9.53 Å². The zero-order valence-corrected chi connectivity index (χ0v) is 19.0. The van der Waals surface area contributed by atoms with Crippen molar-refractivity contribution in [3.8, 4) is 27.6 Å². The number of carbonyl (C=O) groups is 1. The monoisotopic (exact) mass is 427 g/mol. The summed E-state index contributed by atoms with van der Waals surface area (Å²) in [6.07, 6.45) is 0.812. The zero-order chi connectivity index (χ0) is 20.9. The van der Waals surface area contributed by atoms with Crippen LogP contribution in [0.1, 0.15) is 37.0 Å². The van der Waals surface area contributed by atoms with Crippen LogP contribution >= 0.6 is 24.0 Å². The Balaban J connectivity index is 1.95. The van der Waals surface area contributed by atoms with Crippen LogP contribution in [0.3, 0.4) is 0 Å². The van der Waals surface area contributed by atoms with Gasteiger partial charge in [0.25, 0.3) is 5.91 Å². The molecule has 5 nitrogen and oxygen atoms in total. The molecule has 7 heteroatoms. The van der Waals surface area contributed by atoms with Crippen molar-refractivity contribution in [3.63, 3.8) is 0 Å². The average molecular weight is 428 g/mol. The first kappa shape index (κ1) is 20.0. The fourth-order valence-corrected chi connectivity index (χ4v) is 4.58. The van der Waals surface area contributed by atoms with Crippen LogP contribution in [0.4, 0.5) is 0 Å². The molecule has 1 aliphatic rings. The molecule has 0 unspecified atom stereocenters. The minimum absolute atomic E-state index is 0.0652. The molecule has 0 fully saturated rings. The Hall–Kier alpha value is -2.25. The van der Waals surface area contributed by atoms with Crippen LogP contribution in [0, 0.1) is 0 Å². The lowest BCUT2D eigenvalue weighted by Gasteiger charge is -2.32. The molecule has 0 radical (unpaired) electrons. The topological polar surface area (TPSA) is 47.4 Å². The number of carbonyl (C=O) groups excluding carboxylic acids is 1. The third kappa shape index (κ3) is 3.36. The lowest BCUT2D eigenvalue weighted by molar-refractivity contribution is 0.0638. The smallest absolute Gasteiger partial charge is 0.290 e. The number of ether oxygens (including phenoxy) is 1. The lowest BCUT2D eigenvalue weighted by Crippen LogP contribution is -2.43. The van der Waals surface area contributed by atoms with E-state index in [4.69, 9.17) is 9.72 Å². The number of thiol groups is 1. The minimum Gasteiger partial charge on any atom is -0.496 e. The van der Waals surface area contributed by atoms with Gasteiger partial charge in [-0.05, 0) is 56.3 Å². The van der Waals surface area contributed by atoms with Gasteiger partial charge in [-0.15, -0.1) is 24.0 Å². The molecule has 1 aliphatic heterocycles. The molecule has 0 aliphatic carbocycles. The number of benzene rings is 1. The molecular weight excluding hydrogens is 402 g/mol. The van der Waals surface area contributed by atoms with Gasteiger partial charge >= 0.3 is 0 Å². The third-order valence-corrected chi connectivity index (χ3v) is 6.71. The molecule has 0 saturated carbocycles. The molecule has 0 spiro atoms. The second-order valence-electron chi connectivity index (χ2n) is 8.23. The highest BCUT2D eigenvalue weighted by Crippen LogP contribution is 2.42. The summed E-state index contributed by atoms with van der Waals surface area (Å²) in [5.41, 5.74) is 3.80. The van der Waals surface area contributed by atoms with E-state index >= 15 is 0 Å². The van der Waals surface area contributed by atoms with Gasteiger partial charge in [0.2, 0.25) is 0 Å². The number of aryl methyl sites for hydroxylation is 1. The predicted octanol–water partition coefficient (Wildman–Crippen LogP) is 5.00. The molecule has 0 saturated heterocycles. The Morgan fingerprint density at radius 1 is 1.34 bits per heavy atom. The van der Waals surface area contributed by atoms with Crippen LogP contribution < -0.4 is 4.74 Å². The van der Waals surface area contributed by atoms with Crippen molar-refractivity contribution in [1.29, 1.82) is 0 Å². The SMILES string of the molecule is COc1cc2c(cc1S)-c1c(-c3cccs3)nc(C(=O)N(C)C(C)(C)C)n1CC2. The van der Waals surface area contributed by atoms with E-state index in [1.807, 2.05) is 45.3 Å². The molecule has 2 aromatic heterocycles. The maximum Gasteiger partial charge on any atom is 0.290 e. The summed E-state index contributed by atoms with van der Waals surface area (Å²) in [6.45, 7) is 6.79. The molecule has 0 N–H and O–H groups in total. The maximum absolute atomic E-state index is 13.3. The fraction of sp³-hybridized carbons (Fsp3) is 0.364. The van der Waals surface area contributed by atoms with Gasteiger partial charge in [0, 0.05) is 29.6 Å². The summed E-state index contributed by atoms with van der Waals surface area (Å²) in [6, 6.07) is 8.14. The van der Waals surface area contributed by atoms with Crippen molar-refractivity contribution in [1.82, 2.24) is 14.5 Å². The fourth-order valence-electron chi connectivity index (χ4n) is 3.58. The molecular formula is C22H25N3O2S2. The van der Waals surface area contributed by atoms with Crippen LogP contribution in [0.15, 0.2) is 34.5 Å². The molecule has 152 valence electrons. The van der Waals surface area contributed by atoms with Gasteiger partial charge in [-0.2, -0.15) is 0 Å². The number of methoxy groups -OCH3 is 1. The number of rotatable bonds is 3. The van der Waals surface area contributed by atoms with Gasteiger partial charge in [-0.25, -0.2) is 4.98 Å². The van der Waals surface area contributed by atoms with E-state index in [9.17, 15) is 4.79 Å². The predicted molar refractivity (Wildman–Crippen MR) is 120 cm³/mol. The number of hydrogen-bond acceptors (Lipinski definition) is 5. The quantitative estimate of drug-likeness (QED) is 0.598. The molecule has 29 heavy (non-hydrogen) atoms.